The monoisotopic (exact) mass is 422 g/mol. The molecule has 2 aliphatic heterocycles. The van der Waals surface area contributed by atoms with Crippen LogP contribution in [0.2, 0.25) is 0 Å². The summed E-state index contributed by atoms with van der Waals surface area (Å²) in [6, 6.07) is 12.1. The highest BCUT2D eigenvalue weighted by molar-refractivity contribution is 5.70. The van der Waals surface area contributed by atoms with Gasteiger partial charge in [-0.15, -0.1) is 0 Å². The molecule has 31 heavy (non-hydrogen) atoms. The number of methoxy groups -OCH3 is 1. The zero-order chi connectivity index (χ0) is 21.8. The summed E-state index contributed by atoms with van der Waals surface area (Å²) in [6.07, 6.45) is 4.12. The number of carboxylic acids is 1. The zero-order valence-corrected chi connectivity index (χ0v) is 18.4. The van der Waals surface area contributed by atoms with Crippen molar-refractivity contribution in [2.75, 3.05) is 7.11 Å². The Hall–Kier alpha value is -2.53. The van der Waals surface area contributed by atoms with Gasteiger partial charge in [0.15, 0.2) is 0 Å². The second-order valence-electron chi connectivity index (χ2n) is 9.61. The van der Waals surface area contributed by atoms with Gasteiger partial charge in [-0.05, 0) is 74.4 Å². The molecule has 0 spiro atoms. The van der Waals surface area contributed by atoms with E-state index in [0.29, 0.717) is 5.92 Å². The SMILES string of the molecule is COc1cccc2c1CCC[C@@H]1O[C@@H]3c4cc(CC(=O)O)ccc4OC(C)(C)[C@H]3C[C@@H]21. The fourth-order valence-corrected chi connectivity index (χ4v) is 5.89. The van der Waals surface area contributed by atoms with Crippen molar-refractivity contribution in [1.29, 1.82) is 0 Å². The van der Waals surface area contributed by atoms with Crippen LogP contribution in [0.3, 0.4) is 0 Å². The lowest BCUT2D eigenvalue weighted by atomic mass is 9.69. The second-order valence-corrected chi connectivity index (χ2v) is 9.61. The molecule has 1 aliphatic carbocycles. The molecule has 2 aromatic carbocycles. The maximum absolute atomic E-state index is 11.2. The van der Waals surface area contributed by atoms with E-state index in [-0.39, 0.29) is 30.1 Å². The largest absolute Gasteiger partial charge is 0.496 e. The van der Waals surface area contributed by atoms with Gasteiger partial charge in [-0.1, -0.05) is 18.2 Å². The molecule has 0 unspecified atom stereocenters. The van der Waals surface area contributed by atoms with E-state index in [4.69, 9.17) is 14.2 Å². The maximum Gasteiger partial charge on any atom is 0.307 e. The van der Waals surface area contributed by atoms with Crippen LogP contribution in [0.5, 0.6) is 11.5 Å². The summed E-state index contributed by atoms with van der Waals surface area (Å²) >= 11 is 0. The molecule has 1 saturated heterocycles. The molecule has 0 radical (unpaired) electrons. The van der Waals surface area contributed by atoms with Crippen molar-refractivity contribution in [3.05, 3.63) is 58.7 Å². The number of ether oxygens (including phenoxy) is 3. The smallest absolute Gasteiger partial charge is 0.307 e. The van der Waals surface area contributed by atoms with Crippen molar-refractivity contribution in [2.45, 2.75) is 69.7 Å². The van der Waals surface area contributed by atoms with E-state index in [2.05, 4.69) is 32.0 Å². The van der Waals surface area contributed by atoms with E-state index >= 15 is 0 Å². The number of aliphatic carboxylic acids is 1. The molecule has 164 valence electrons. The van der Waals surface area contributed by atoms with Crippen molar-refractivity contribution in [1.82, 2.24) is 0 Å². The number of hydrogen-bond donors (Lipinski definition) is 1. The third-order valence-electron chi connectivity index (χ3n) is 7.35. The number of benzene rings is 2. The maximum atomic E-state index is 11.2. The normalized spacial score (nSPS) is 28.1. The first kappa shape index (κ1) is 20.4. The average molecular weight is 423 g/mol. The number of carboxylic acid groups (broad SMARTS) is 1. The Morgan fingerprint density at radius 3 is 2.84 bits per heavy atom. The molecule has 0 saturated carbocycles. The van der Waals surface area contributed by atoms with Crippen molar-refractivity contribution in [3.8, 4) is 11.5 Å². The van der Waals surface area contributed by atoms with Gasteiger partial charge >= 0.3 is 5.97 Å². The third-order valence-corrected chi connectivity index (χ3v) is 7.35. The van der Waals surface area contributed by atoms with Crippen molar-refractivity contribution in [2.24, 2.45) is 5.92 Å². The highest BCUT2D eigenvalue weighted by atomic mass is 16.5. The first-order chi connectivity index (χ1) is 14.9. The highest BCUT2D eigenvalue weighted by Crippen LogP contribution is 2.55. The molecule has 2 aromatic rings. The summed E-state index contributed by atoms with van der Waals surface area (Å²) in [7, 11) is 1.75. The summed E-state index contributed by atoms with van der Waals surface area (Å²) < 4.78 is 19.0. The minimum absolute atomic E-state index is 0.00723. The Kier molecular flexibility index (Phi) is 4.97. The number of fused-ring (bicyclic) bond motifs is 6. The topological polar surface area (TPSA) is 65.0 Å². The lowest BCUT2D eigenvalue weighted by molar-refractivity contribution is -0.159. The molecule has 0 bridgehead atoms. The van der Waals surface area contributed by atoms with Crippen LogP contribution in [0.25, 0.3) is 0 Å². The summed E-state index contributed by atoms with van der Waals surface area (Å²) in [4.78, 5) is 11.2. The van der Waals surface area contributed by atoms with E-state index in [9.17, 15) is 9.90 Å². The standard InChI is InChI=1S/C26H30O5/c1-26(2)20-14-18-16-6-4-8-21(29-3)17(16)7-5-9-22(18)30-25(20)19-12-15(13-24(27)28)10-11-23(19)31-26/h4,6,8,10-12,18,20,22,25H,5,7,9,13-14H2,1-3H3,(H,27,28)/t18-,20-,22-,25+/m0/s1. The van der Waals surface area contributed by atoms with Gasteiger partial charge in [0, 0.05) is 17.4 Å². The molecule has 2 heterocycles. The molecule has 5 rings (SSSR count). The predicted molar refractivity (Wildman–Crippen MR) is 117 cm³/mol. The van der Waals surface area contributed by atoms with Crippen LogP contribution in [0.4, 0.5) is 0 Å². The van der Waals surface area contributed by atoms with Crippen LogP contribution < -0.4 is 9.47 Å². The van der Waals surface area contributed by atoms with Gasteiger partial charge in [0.25, 0.3) is 0 Å². The van der Waals surface area contributed by atoms with Crippen molar-refractivity contribution < 1.29 is 24.1 Å². The summed E-state index contributed by atoms with van der Waals surface area (Å²) in [6.45, 7) is 4.29. The van der Waals surface area contributed by atoms with Crippen molar-refractivity contribution in [3.63, 3.8) is 0 Å². The minimum atomic E-state index is -0.826. The average Bonchev–Trinajstić information content (AvgIpc) is 2.91. The van der Waals surface area contributed by atoms with Crippen molar-refractivity contribution >= 4 is 5.97 Å². The van der Waals surface area contributed by atoms with E-state index in [1.165, 1.54) is 11.1 Å². The van der Waals surface area contributed by atoms with Crippen LogP contribution in [-0.4, -0.2) is 29.9 Å². The summed E-state index contributed by atoms with van der Waals surface area (Å²) in [5.74, 6) is 1.45. The van der Waals surface area contributed by atoms with Gasteiger partial charge in [-0.2, -0.15) is 0 Å². The first-order valence-corrected chi connectivity index (χ1v) is 11.2. The third kappa shape index (κ3) is 3.49. The quantitative estimate of drug-likeness (QED) is 0.749. The van der Waals surface area contributed by atoms with E-state index in [1.807, 2.05) is 18.2 Å². The Labute approximate surface area is 183 Å². The molecule has 1 fully saturated rings. The summed E-state index contributed by atoms with van der Waals surface area (Å²) in [5.41, 5.74) is 4.08. The predicted octanol–water partition coefficient (Wildman–Crippen LogP) is 5.06. The van der Waals surface area contributed by atoms with E-state index < -0.39 is 5.97 Å². The van der Waals surface area contributed by atoms with Gasteiger partial charge < -0.3 is 19.3 Å². The molecular formula is C26H30O5. The van der Waals surface area contributed by atoms with Crippen LogP contribution in [0.15, 0.2) is 36.4 Å². The van der Waals surface area contributed by atoms with E-state index in [1.54, 1.807) is 7.11 Å². The number of hydrogen-bond acceptors (Lipinski definition) is 4. The molecule has 3 aliphatic rings. The van der Waals surface area contributed by atoms with Crippen LogP contribution in [-0.2, 0) is 22.4 Å². The summed E-state index contributed by atoms with van der Waals surface area (Å²) in [5, 5.41) is 9.24. The molecule has 1 N–H and O–H groups in total. The highest BCUT2D eigenvalue weighted by Gasteiger charge is 2.51. The van der Waals surface area contributed by atoms with Gasteiger partial charge in [0.05, 0.1) is 25.7 Å². The molecule has 4 atom stereocenters. The number of rotatable bonds is 3. The van der Waals surface area contributed by atoms with Gasteiger partial charge in [0.2, 0.25) is 0 Å². The Morgan fingerprint density at radius 2 is 2.06 bits per heavy atom. The van der Waals surface area contributed by atoms with Gasteiger partial charge in [-0.3, -0.25) is 4.79 Å². The molecule has 5 nitrogen and oxygen atoms in total. The number of carbonyl (C=O) groups is 1. The Bertz CT molecular complexity index is 1010. The lowest BCUT2D eigenvalue weighted by Crippen LogP contribution is -2.50. The first-order valence-electron chi connectivity index (χ1n) is 11.2. The zero-order valence-electron chi connectivity index (χ0n) is 18.4. The molecule has 0 amide bonds. The van der Waals surface area contributed by atoms with E-state index in [0.717, 1.165) is 48.3 Å². The Morgan fingerprint density at radius 1 is 1.23 bits per heavy atom. The van der Waals surface area contributed by atoms with Crippen LogP contribution in [0.1, 0.15) is 67.4 Å². The fourth-order valence-electron chi connectivity index (χ4n) is 5.89. The molecule has 5 heteroatoms. The van der Waals surface area contributed by atoms with Gasteiger partial charge in [0.1, 0.15) is 17.1 Å². The minimum Gasteiger partial charge on any atom is -0.496 e. The lowest BCUT2D eigenvalue weighted by Gasteiger charge is -2.51. The van der Waals surface area contributed by atoms with Crippen LogP contribution in [0, 0.1) is 5.92 Å². The van der Waals surface area contributed by atoms with Gasteiger partial charge in [-0.25, -0.2) is 0 Å². The molecular weight excluding hydrogens is 392 g/mol. The Balaban J connectivity index is 1.55. The molecule has 0 aromatic heterocycles. The van der Waals surface area contributed by atoms with Crippen LogP contribution >= 0.6 is 0 Å². The second kappa shape index (κ2) is 7.56. The fraction of sp³-hybridized carbons (Fsp3) is 0.500.